The van der Waals surface area contributed by atoms with Crippen LogP contribution in [0.1, 0.15) is 34.7 Å². The number of carboxylic acids is 1. The average molecular weight is 386 g/mol. The molecule has 0 unspecified atom stereocenters. The molecule has 0 bridgehead atoms. The van der Waals surface area contributed by atoms with E-state index in [1.54, 1.807) is 0 Å². The lowest BCUT2D eigenvalue weighted by Gasteiger charge is -2.12. The first-order valence-corrected chi connectivity index (χ1v) is 8.50. The lowest BCUT2D eigenvalue weighted by atomic mass is 10.2. The largest absolute Gasteiger partial charge is 0.477 e. The second-order valence-corrected chi connectivity index (χ2v) is 5.89. The van der Waals surface area contributed by atoms with E-state index in [2.05, 4.69) is 10.1 Å². The normalized spacial score (nSPS) is 10.9. The minimum absolute atomic E-state index is 0.0795. The number of aryl methyl sites for hydroxylation is 1. The highest BCUT2D eigenvalue weighted by Gasteiger charge is 2.18. The number of ether oxygens (including phenoxy) is 1. The number of rotatable bonds is 8. The molecule has 2 aromatic heterocycles. The number of aromatic carboxylic acids is 1. The molecule has 3 aromatic rings. The Labute approximate surface area is 158 Å². The van der Waals surface area contributed by atoms with Gasteiger partial charge in [-0.15, -0.1) is 0 Å². The first-order chi connectivity index (χ1) is 13.5. The summed E-state index contributed by atoms with van der Waals surface area (Å²) in [6.07, 6.45) is 0.536. The molecule has 28 heavy (non-hydrogen) atoms. The van der Waals surface area contributed by atoms with Crippen molar-refractivity contribution in [3.8, 4) is 0 Å². The second kappa shape index (κ2) is 8.44. The van der Waals surface area contributed by atoms with Crippen LogP contribution in [0.3, 0.4) is 0 Å². The van der Waals surface area contributed by atoms with Crippen LogP contribution in [0.15, 0.2) is 50.5 Å². The van der Waals surface area contributed by atoms with Gasteiger partial charge in [-0.1, -0.05) is 42.4 Å². The van der Waals surface area contributed by atoms with E-state index in [4.69, 9.17) is 9.26 Å². The number of aromatic nitrogens is 4. The zero-order valence-electron chi connectivity index (χ0n) is 15.1. The van der Waals surface area contributed by atoms with Gasteiger partial charge in [0.05, 0.1) is 6.61 Å². The van der Waals surface area contributed by atoms with E-state index in [0.717, 1.165) is 20.8 Å². The molecule has 0 atom stereocenters. The minimum Gasteiger partial charge on any atom is -0.477 e. The van der Waals surface area contributed by atoms with Crippen molar-refractivity contribution in [1.82, 2.24) is 19.3 Å². The molecule has 1 aromatic carbocycles. The van der Waals surface area contributed by atoms with Gasteiger partial charge in [0, 0.05) is 12.5 Å². The van der Waals surface area contributed by atoms with E-state index in [9.17, 15) is 19.5 Å². The Morgan fingerprint density at radius 3 is 2.61 bits per heavy atom. The predicted octanol–water partition coefficient (Wildman–Crippen LogP) is 0.876. The Bertz CT molecular complexity index is 1080. The van der Waals surface area contributed by atoms with Crippen molar-refractivity contribution < 1.29 is 19.2 Å². The zero-order chi connectivity index (χ0) is 20.1. The first kappa shape index (κ1) is 19.2. The number of carboxylic acid groups (broad SMARTS) is 1. The fourth-order valence-electron chi connectivity index (χ4n) is 2.53. The van der Waals surface area contributed by atoms with Crippen molar-refractivity contribution in [2.45, 2.75) is 33.2 Å². The highest BCUT2D eigenvalue weighted by Crippen LogP contribution is 2.03. The SMILES string of the molecule is CCc1noc(Cn2c(=O)cc(C(=O)O)n(COCc3ccccc3)c2=O)n1. The molecule has 0 aliphatic carbocycles. The summed E-state index contributed by atoms with van der Waals surface area (Å²) in [4.78, 5) is 40.5. The molecule has 0 spiro atoms. The molecule has 10 heteroatoms. The van der Waals surface area contributed by atoms with E-state index >= 15 is 0 Å². The van der Waals surface area contributed by atoms with Crippen LogP contribution in [0.25, 0.3) is 0 Å². The number of nitrogens with zero attached hydrogens (tertiary/aromatic N) is 4. The molecule has 0 amide bonds. The third-order valence-electron chi connectivity index (χ3n) is 3.95. The Balaban J connectivity index is 1.89. The molecule has 0 aliphatic rings. The fourth-order valence-corrected chi connectivity index (χ4v) is 2.53. The van der Waals surface area contributed by atoms with E-state index in [1.807, 2.05) is 37.3 Å². The molecule has 2 heterocycles. The Morgan fingerprint density at radius 1 is 1.21 bits per heavy atom. The third kappa shape index (κ3) is 4.23. The van der Waals surface area contributed by atoms with Crippen LogP contribution in [0.4, 0.5) is 0 Å². The van der Waals surface area contributed by atoms with Crippen LogP contribution < -0.4 is 11.2 Å². The zero-order valence-corrected chi connectivity index (χ0v) is 15.1. The molecular formula is C18H18N4O6. The van der Waals surface area contributed by atoms with Gasteiger partial charge in [-0.3, -0.25) is 13.9 Å². The Kier molecular flexibility index (Phi) is 5.80. The summed E-state index contributed by atoms with van der Waals surface area (Å²) in [6.45, 7) is 1.41. The molecule has 0 saturated carbocycles. The van der Waals surface area contributed by atoms with Crippen LogP contribution in [0.5, 0.6) is 0 Å². The number of carbonyl (C=O) groups is 1. The van der Waals surface area contributed by atoms with Crippen LogP contribution in [0, 0.1) is 0 Å². The molecule has 146 valence electrons. The van der Waals surface area contributed by atoms with Gasteiger partial charge in [0.15, 0.2) is 5.82 Å². The highest BCUT2D eigenvalue weighted by molar-refractivity contribution is 5.85. The van der Waals surface area contributed by atoms with E-state index < -0.39 is 22.9 Å². The standard InChI is InChI=1S/C18H18N4O6/c1-2-14-19-15(28-20-14)9-21-16(23)8-13(17(24)25)22(18(21)26)11-27-10-12-6-4-3-5-7-12/h3-8H,2,9-11H2,1H3,(H,24,25). The summed E-state index contributed by atoms with van der Waals surface area (Å²) in [7, 11) is 0. The topological polar surface area (TPSA) is 129 Å². The van der Waals surface area contributed by atoms with E-state index in [1.165, 1.54) is 0 Å². The van der Waals surface area contributed by atoms with Crippen LogP contribution in [-0.2, 0) is 31.0 Å². The van der Waals surface area contributed by atoms with Crippen molar-refractivity contribution in [2.75, 3.05) is 0 Å². The van der Waals surface area contributed by atoms with Gasteiger partial charge in [0.2, 0.25) is 5.89 Å². The monoisotopic (exact) mass is 386 g/mol. The average Bonchev–Trinajstić information content (AvgIpc) is 3.15. The predicted molar refractivity (Wildman–Crippen MR) is 95.9 cm³/mol. The summed E-state index contributed by atoms with van der Waals surface area (Å²) in [5, 5.41) is 13.1. The maximum absolute atomic E-state index is 12.7. The van der Waals surface area contributed by atoms with Crippen molar-refractivity contribution in [1.29, 1.82) is 0 Å². The van der Waals surface area contributed by atoms with Crippen molar-refractivity contribution in [3.05, 3.63) is 80.2 Å². The van der Waals surface area contributed by atoms with Crippen molar-refractivity contribution in [3.63, 3.8) is 0 Å². The Hall–Kier alpha value is -3.53. The number of benzene rings is 1. The molecular weight excluding hydrogens is 368 g/mol. The quantitative estimate of drug-likeness (QED) is 0.604. The second-order valence-electron chi connectivity index (χ2n) is 5.89. The number of hydrogen-bond donors (Lipinski definition) is 1. The van der Waals surface area contributed by atoms with Gasteiger partial charge < -0.3 is 14.4 Å². The Morgan fingerprint density at radius 2 is 1.96 bits per heavy atom. The maximum Gasteiger partial charge on any atom is 0.352 e. The lowest BCUT2D eigenvalue weighted by Crippen LogP contribution is -2.42. The molecule has 3 rings (SSSR count). The minimum atomic E-state index is -1.41. The van der Waals surface area contributed by atoms with Crippen LogP contribution in [0.2, 0.25) is 0 Å². The summed E-state index contributed by atoms with van der Waals surface area (Å²) in [5.74, 6) is -0.886. The van der Waals surface area contributed by atoms with Gasteiger partial charge in [0.1, 0.15) is 19.0 Å². The summed E-state index contributed by atoms with van der Waals surface area (Å²) in [5.41, 5.74) is -1.22. The van der Waals surface area contributed by atoms with Crippen molar-refractivity contribution in [2.24, 2.45) is 0 Å². The van der Waals surface area contributed by atoms with Gasteiger partial charge in [-0.25, -0.2) is 9.59 Å². The van der Waals surface area contributed by atoms with Gasteiger partial charge in [-0.05, 0) is 5.56 Å². The van der Waals surface area contributed by atoms with E-state index in [0.29, 0.717) is 12.2 Å². The van der Waals surface area contributed by atoms with Gasteiger partial charge in [0.25, 0.3) is 5.56 Å². The lowest BCUT2D eigenvalue weighted by molar-refractivity contribution is 0.0500. The first-order valence-electron chi connectivity index (χ1n) is 8.50. The summed E-state index contributed by atoms with van der Waals surface area (Å²) >= 11 is 0. The van der Waals surface area contributed by atoms with Gasteiger partial charge >= 0.3 is 11.7 Å². The molecule has 0 aliphatic heterocycles. The van der Waals surface area contributed by atoms with Gasteiger partial charge in [-0.2, -0.15) is 4.98 Å². The fraction of sp³-hybridized carbons (Fsp3) is 0.278. The summed E-state index contributed by atoms with van der Waals surface area (Å²) in [6, 6.07) is 10.1. The van der Waals surface area contributed by atoms with Crippen molar-refractivity contribution >= 4 is 5.97 Å². The van der Waals surface area contributed by atoms with Crippen LogP contribution in [-0.4, -0.2) is 30.4 Å². The maximum atomic E-state index is 12.7. The number of hydrogen-bond acceptors (Lipinski definition) is 7. The molecule has 0 saturated heterocycles. The van der Waals surface area contributed by atoms with E-state index in [-0.39, 0.29) is 25.8 Å². The molecule has 0 fully saturated rings. The highest BCUT2D eigenvalue weighted by atomic mass is 16.5. The smallest absolute Gasteiger partial charge is 0.352 e. The summed E-state index contributed by atoms with van der Waals surface area (Å²) < 4.78 is 12.2. The third-order valence-corrected chi connectivity index (χ3v) is 3.95. The van der Waals surface area contributed by atoms with Crippen LogP contribution >= 0.6 is 0 Å². The molecule has 10 nitrogen and oxygen atoms in total. The molecule has 1 N–H and O–H groups in total. The molecule has 0 radical (unpaired) electrons.